The molecule has 0 saturated heterocycles. The summed E-state index contributed by atoms with van der Waals surface area (Å²) < 4.78 is 33.9. The van der Waals surface area contributed by atoms with Gasteiger partial charge in [-0.1, -0.05) is 18.2 Å². The largest absolute Gasteiger partial charge is 0.455 e. The number of hydrogen-bond acceptors (Lipinski definition) is 4. The number of hydrogen-bond donors (Lipinski definition) is 2. The predicted octanol–water partition coefficient (Wildman–Crippen LogP) is 2.28. The molecule has 0 saturated carbocycles. The Bertz CT molecular complexity index is 1260. The summed E-state index contributed by atoms with van der Waals surface area (Å²) in [6.45, 7) is 1.85. The molecule has 0 bridgehead atoms. The van der Waals surface area contributed by atoms with E-state index in [1.54, 1.807) is 41.2 Å². The van der Waals surface area contributed by atoms with Gasteiger partial charge in [-0.25, -0.2) is 8.42 Å². The molecule has 8 nitrogen and oxygen atoms in total. The van der Waals surface area contributed by atoms with Crippen LogP contribution in [0.5, 0.6) is 11.5 Å². The number of fused-ring (bicyclic) bond motifs is 2. The maximum atomic E-state index is 13.1. The Hall–Kier alpha value is -3.59. The summed E-state index contributed by atoms with van der Waals surface area (Å²) in [7, 11) is -3.78. The topological polar surface area (TPSA) is 130 Å². The minimum absolute atomic E-state index is 0.0446. The quantitative estimate of drug-likeness (QED) is 0.492. The molecule has 9 heteroatoms. The number of aliphatic imine (C=N–C) groups is 1. The zero-order valence-electron chi connectivity index (χ0n) is 15.5. The molecule has 2 heterocycles. The molecule has 1 aliphatic heterocycles. The van der Waals surface area contributed by atoms with Gasteiger partial charge in [0.15, 0.2) is 15.8 Å². The van der Waals surface area contributed by atoms with Crippen LogP contribution in [0.15, 0.2) is 64.7 Å². The lowest BCUT2D eigenvalue weighted by Crippen LogP contribution is -2.24. The van der Waals surface area contributed by atoms with Crippen molar-refractivity contribution in [1.29, 1.82) is 0 Å². The van der Waals surface area contributed by atoms with Crippen LogP contribution in [0, 0.1) is 6.92 Å². The van der Waals surface area contributed by atoms with E-state index in [-0.39, 0.29) is 22.0 Å². The van der Waals surface area contributed by atoms with Crippen LogP contribution < -0.4 is 16.2 Å². The molecule has 1 aromatic heterocycles. The van der Waals surface area contributed by atoms with Crippen molar-refractivity contribution >= 4 is 21.7 Å². The Balaban J connectivity index is 2.01. The van der Waals surface area contributed by atoms with Crippen LogP contribution in [-0.2, 0) is 15.6 Å². The number of ether oxygens (including phenoxy) is 1. The molecule has 2 aromatic carbocycles. The van der Waals surface area contributed by atoms with E-state index in [1.807, 2.05) is 13.0 Å². The summed E-state index contributed by atoms with van der Waals surface area (Å²) in [5.41, 5.74) is 12.5. The number of guanidine groups is 1. The smallest absolute Gasteiger partial charge is 0.282 e. The van der Waals surface area contributed by atoms with Gasteiger partial charge >= 0.3 is 0 Å². The molecular weight excluding hydrogens is 392 g/mol. The minimum atomic E-state index is -3.78. The summed E-state index contributed by atoms with van der Waals surface area (Å²) in [5.74, 6) is -0.759. The summed E-state index contributed by atoms with van der Waals surface area (Å²) in [4.78, 5) is 16.1. The van der Waals surface area contributed by atoms with E-state index < -0.39 is 21.7 Å². The normalized spacial score (nSPS) is 14.1. The van der Waals surface area contributed by atoms with Crippen LogP contribution in [0.2, 0.25) is 0 Å². The van der Waals surface area contributed by atoms with Crippen LogP contribution in [0.1, 0.15) is 21.5 Å². The van der Waals surface area contributed by atoms with E-state index in [0.29, 0.717) is 17.0 Å². The van der Waals surface area contributed by atoms with E-state index in [0.717, 1.165) is 5.56 Å². The fourth-order valence-electron chi connectivity index (χ4n) is 3.29. The van der Waals surface area contributed by atoms with Crippen molar-refractivity contribution < 1.29 is 17.9 Å². The molecule has 0 radical (unpaired) electrons. The number of aryl methyl sites for hydroxylation is 1. The lowest BCUT2D eigenvalue weighted by Gasteiger charge is -2.15. The number of nitrogens with zero attached hydrogens (tertiary/aromatic N) is 2. The van der Waals surface area contributed by atoms with Gasteiger partial charge in [0.1, 0.15) is 16.4 Å². The third kappa shape index (κ3) is 3.36. The Kier molecular flexibility index (Phi) is 4.39. The van der Waals surface area contributed by atoms with Gasteiger partial charge in [0, 0.05) is 24.0 Å². The maximum Gasteiger partial charge on any atom is 0.282 e. The number of carbonyl (C=O) groups is 1. The van der Waals surface area contributed by atoms with E-state index in [2.05, 4.69) is 4.99 Å². The number of amides is 1. The maximum absolute atomic E-state index is 13.1. The van der Waals surface area contributed by atoms with Crippen LogP contribution >= 0.6 is 0 Å². The van der Waals surface area contributed by atoms with Crippen molar-refractivity contribution in [3.8, 4) is 17.2 Å². The molecule has 29 heavy (non-hydrogen) atoms. The average molecular weight is 410 g/mol. The lowest BCUT2D eigenvalue weighted by atomic mass is 10.1. The first-order valence-corrected chi connectivity index (χ1v) is 10.4. The molecule has 0 spiro atoms. The van der Waals surface area contributed by atoms with E-state index >= 15 is 0 Å². The standard InChI is InChI=1S/C20H18N4O4S/c1-12-5-4-6-13-11-29(26,27)17-9-14(19(25)23-20(21)22)15(24-7-2-3-8-24)10-16(17)28-18(12)13/h2-10H,11H2,1H3,(H4,21,22,23,25). The van der Waals surface area contributed by atoms with Gasteiger partial charge in [0.05, 0.1) is 17.0 Å². The van der Waals surface area contributed by atoms with Gasteiger partial charge in [-0.15, -0.1) is 0 Å². The summed E-state index contributed by atoms with van der Waals surface area (Å²) in [6, 6.07) is 11.7. The zero-order chi connectivity index (χ0) is 20.8. The van der Waals surface area contributed by atoms with Crippen LogP contribution in [0.4, 0.5) is 0 Å². The highest BCUT2D eigenvalue weighted by molar-refractivity contribution is 7.90. The molecule has 3 aromatic rings. The van der Waals surface area contributed by atoms with Gasteiger partial charge in [0.2, 0.25) is 0 Å². The molecule has 0 atom stereocenters. The number of nitrogens with two attached hydrogens (primary N) is 2. The highest BCUT2D eigenvalue weighted by Gasteiger charge is 2.30. The van der Waals surface area contributed by atoms with Gasteiger partial charge in [-0.2, -0.15) is 4.99 Å². The minimum Gasteiger partial charge on any atom is -0.455 e. The number of para-hydroxylation sites is 1. The molecule has 0 aliphatic carbocycles. The van der Waals surface area contributed by atoms with Crippen LogP contribution in [-0.4, -0.2) is 24.9 Å². The third-order valence-electron chi connectivity index (χ3n) is 4.59. The second-order valence-electron chi connectivity index (χ2n) is 6.67. The first kappa shape index (κ1) is 18.8. The van der Waals surface area contributed by atoms with Crippen molar-refractivity contribution in [2.24, 2.45) is 16.5 Å². The van der Waals surface area contributed by atoms with E-state index in [1.165, 1.54) is 12.1 Å². The van der Waals surface area contributed by atoms with Crippen molar-refractivity contribution in [2.45, 2.75) is 17.6 Å². The monoisotopic (exact) mass is 410 g/mol. The lowest BCUT2D eigenvalue weighted by molar-refractivity contribution is 0.100. The second-order valence-corrected chi connectivity index (χ2v) is 8.63. The fraction of sp³-hybridized carbons (Fsp3) is 0.100. The molecular formula is C20H18N4O4S. The number of benzene rings is 2. The van der Waals surface area contributed by atoms with Gasteiger partial charge in [-0.3, -0.25) is 4.79 Å². The number of rotatable bonds is 2. The Morgan fingerprint density at radius 1 is 1.14 bits per heavy atom. The van der Waals surface area contributed by atoms with Crippen molar-refractivity contribution in [2.75, 3.05) is 0 Å². The van der Waals surface area contributed by atoms with Crippen LogP contribution in [0.25, 0.3) is 5.69 Å². The van der Waals surface area contributed by atoms with Crippen molar-refractivity contribution in [3.05, 3.63) is 71.5 Å². The summed E-state index contributed by atoms with van der Waals surface area (Å²) >= 11 is 0. The second kappa shape index (κ2) is 6.78. The molecule has 0 unspecified atom stereocenters. The summed E-state index contributed by atoms with van der Waals surface area (Å²) in [5, 5.41) is 0. The SMILES string of the molecule is Cc1cccc2c1Oc1cc(-n3cccc3)c(C(=O)N=C(N)N)cc1S(=O)(=O)C2. The molecule has 0 fully saturated rings. The predicted molar refractivity (Wildman–Crippen MR) is 108 cm³/mol. The van der Waals surface area contributed by atoms with Crippen LogP contribution in [0.3, 0.4) is 0 Å². The third-order valence-corrected chi connectivity index (χ3v) is 6.27. The summed E-state index contributed by atoms with van der Waals surface area (Å²) in [6.07, 6.45) is 3.44. The van der Waals surface area contributed by atoms with E-state index in [9.17, 15) is 13.2 Å². The Morgan fingerprint density at radius 2 is 1.86 bits per heavy atom. The highest BCUT2D eigenvalue weighted by Crippen LogP contribution is 2.41. The average Bonchev–Trinajstić information content (AvgIpc) is 3.14. The Labute approximate surface area is 167 Å². The van der Waals surface area contributed by atoms with Gasteiger partial charge in [-0.05, 0) is 30.7 Å². The zero-order valence-corrected chi connectivity index (χ0v) is 16.3. The van der Waals surface area contributed by atoms with Gasteiger partial charge in [0.25, 0.3) is 5.91 Å². The Morgan fingerprint density at radius 3 is 2.55 bits per heavy atom. The molecule has 4 rings (SSSR count). The number of aromatic nitrogens is 1. The molecule has 4 N–H and O–H groups in total. The number of carbonyl (C=O) groups excluding carboxylic acids is 1. The highest BCUT2D eigenvalue weighted by atomic mass is 32.2. The fourth-order valence-corrected chi connectivity index (χ4v) is 4.79. The first-order valence-electron chi connectivity index (χ1n) is 8.71. The number of sulfone groups is 1. The molecule has 1 aliphatic rings. The van der Waals surface area contributed by atoms with E-state index in [4.69, 9.17) is 16.2 Å². The van der Waals surface area contributed by atoms with Crippen molar-refractivity contribution in [3.63, 3.8) is 0 Å². The molecule has 1 amide bonds. The first-order chi connectivity index (χ1) is 13.8. The van der Waals surface area contributed by atoms with Gasteiger partial charge < -0.3 is 20.8 Å². The molecule has 148 valence electrons. The van der Waals surface area contributed by atoms with Crippen molar-refractivity contribution in [1.82, 2.24) is 4.57 Å².